The molecule has 34 heavy (non-hydrogen) atoms. The van der Waals surface area contributed by atoms with Crippen molar-refractivity contribution in [3.63, 3.8) is 0 Å². The molecular formula is C27H26N4O3. The minimum Gasteiger partial charge on any atom is -0.334 e. The van der Waals surface area contributed by atoms with Gasteiger partial charge in [-0.3, -0.25) is 10.1 Å². The Hall–Kier alpha value is -4.13. The zero-order valence-corrected chi connectivity index (χ0v) is 18.9. The summed E-state index contributed by atoms with van der Waals surface area (Å²) in [4.78, 5) is 38.6. The lowest BCUT2D eigenvalue weighted by molar-refractivity contribution is -0.123. The van der Waals surface area contributed by atoms with Crippen molar-refractivity contribution >= 4 is 18.0 Å². The van der Waals surface area contributed by atoms with E-state index in [9.17, 15) is 14.4 Å². The van der Waals surface area contributed by atoms with Crippen LogP contribution in [0, 0.1) is 0 Å². The number of carbonyl (C=O) groups is 3. The van der Waals surface area contributed by atoms with Crippen molar-refractivity contribution in [1.29, 1.82) is 0 Å². The first-order valence-electron chi connectivity index (χ1n) is 11.3. The van der Waals surface area contributed by atoms with Gasteiger partial charge in [-0.05, 0) is 34.7 Å². The van der Waals surface area contributed by atoms with E-state index < -0.39 is 11.6 Å². The monoisotopic (exact) mass is 454 g/mol. The molecule has 2 aliphatic rings. The van der Waals surface area contributed by atoms with Gasteiger partial charge < -0.3 is 15.5 Å². The van der Waals surface area contributed by atoms with Crippen LogP contribution >= 0.6 is 0 Å². The van der Waals surface area contributed by atoms with Gasteiger partial charge in [0, 0.05) is 25.6 Å². The largest absolute Gasteiger partial charge is 0.334 e. The number of rotatable bonds is 4. The van der Waals surface area contributed by atoms with Crippen molar-refractivity contribution in [1.82, 2.24) is 20.9 Å². The van der Waals surface area contributed by atoms with Crippen LogP contribution in [0.4, 0.5) is 9.59 Å². The Bertz CT molecular complexity index is 1240. The summed E-state index contributed by atoms with van der Waals surface area (Å²) in [5.41, 5.74) is 4.12. The van der Waals surface area contributed by atoms with Crippen LogP contribution in [-0.2, 0) is 23.4 Å². The van der Waals surface area contributed by atoms with E-state index in [-0.39, 0.29) is 17.9 Å². The number of imide groups is 1. The van der Waals surface area contributed by atoms with Gasteiger partial charge >= 0.3 is 12.1 Å². The van der Waals surface area contributed by atoms with E-state index in [2.05, 4.69) is 46.3 Å². The van der Waals surface area contributed by atoms with Gasteiger partial charge in [-0.1, -0.05) is 78.9 Å². The molecule has 0 spiro atoms. The fourth-order valence-corrected chi connectivity index (χ4v) is 4.72. The molecule has 0 radical (unpaired) electrons. The van der Waals surface area contributed by atoms with Crippen LogP contribution in [0.25, 0.3) is 0 Å². The molecular weight excluding hydrogens is 428 g/mol. The van der Waals surface area contributed by atoms with Crippen molar-refractivity contribution in [2.75, 3.05) is 6.54 Å². The third-order valence-electron chi connectivity index (χ3n) is 6.70. The number of fused-ring (bicyclic) bond motifs is 1. The molecule has 0 aromatic heterocycles. The van der Waals surface area contributed by atoms with Crippen LogP contribution in [0.2, 0.25) is 0 Å². The van der Waals surface area contributed by atoms with E-state index in [1.165, 1.54) is 11.1 Å². The third-order valence-corrected chi connectivity index (χ3v) is 6.70. The minimum absolute atomic E-state index is 0.117. The molecule has 0 aliphatic carbocycles. The van der Waals surface area contributed by atoms with Gasteiger partial charge in [0.25, 0.3) is 5.91 Å². The summed E-state index contributed by atoms with van der Waals surface area (Å²) in [5.74, 6) is -0.249. The molecule has 2 aliphatic heterocycles. The van der Waals surface area contributed by atoms with Gasteiger partial charge in [-0.25, -0.2) is 9.59 Å². The number of hydrogen-bond acceptors (Lipinski definition) is 3. The van der Waals surface area contributed by atoms with E-state index in [4.69, 9.17) is 0 Å². The fourth-order valence-electron chi connectivity index (χ4n) is 4.72. The normalized spacial score (nSPS) is 21.4. The lowest BCUT2D eigenvalue weighted by Crippen LogP contribution is -2.44. The van der Waals surface area contributed by atoms with Crippen LogP contribution in [-0.4, -0.2) is 29.4 Å². The molecule has 3 aromatic rings. The van der Waals surface area contributed by atoms with E-state index in [0.717, 1.165) is 11.1 Å². The predicted octanol–water partition coefficient (Wildman–Crippen LogP) is 3.60. The standard InChI is InChI=1S/C27H26N4O3/c1-27(24(32)29-25(33)30-27)21-13-11-18(12-14-21)15-28-26(34)31-16-20-9-5-6-10-22(20)23(17-31)19-7-3-2-4-8-19/h2-14,23H,15-17H2,1H3,(H,28,34)(H2,29,30,32,33). The molecule has 1 saturated heterocycles. The summed E-state index contributed by atoms with van der Waals surface area (Å²) >= 11 is 0. The molecule has 5 rings (SSSR count). The van der Waals surface area contributed by atoms with E-state index >= 15 is 0 Å². The number of benzene rings is 3. The Morgan fingerprint density at radius 1 is 1.00 bits per heavy atom. The van der Waals surface area contributed by atoms with E-state index in [1.54, 1.807) is 19.1 Å². The Balaban J connectivity index is 1.27. The number of urea groups is 2. The first-order chi connectivity index (χ1) is 16.4. The summed E-state index contributed by atoms with van der Waals surface area (Å²) in [6.07, 6.45) is 0. The van der Waals surface area contributed by atoms with Crippen LogP contribution in [0.15, 0.2) is 78.9 Å². The molecule has 2 atom stereocenters. The van der Waals surface area contributed by atoms with Gasteiger partial charge in [0.05, 0.1) is 0 Å². The third kappa shape index (κ3) is 4.01. The molecule has 2 heterocycles. The molecule has 3 N–H and O–H groups in total. The highest BCUT2D eigenvalue weighted by Gasteiger charge is 2.43. The smallest absolute Gasteiger partial charge is 0.322 e. The molecule has 1 fully saturated rings. The van der Waals surface area contributed by atoms with Crippen LogP contribution < -0.4 is 16.0 Å². The zero-order valence-electron chi connectivity index (χ0n) is 18.9. The fraction of sp³-hybridized carbons (Fsp3) is 0.222. The predicted molar refractivity (Wildman–Crippen MR) is 128 cm³/mol. The molecule has 2 unspecified atom stereocenters. The van der Waals surface area contributed by atoms with E-state index in [0.29, 0.717) is 25.2 Å². The maximum atomic E-state index is 13.1. The van der Waals surface area contributed by atoms with Crippen molar-refractivity contribution in [3.05, 3.63) is 107 Å². The lowest BCUT2D eigenvalue weighted by atomic mass is 9.85. The first kappa shape index (κ1) is 21.7. The highest BCUT2D eigenvalue weighted by Crippen LogP contribution is 2.33. The second kappa shape index (κ2) is 8.67. The Labute approximate surface area is 198 Å². The number of amides is 5. The maximum Gasteiger partial charge on any atom is 0.322 e. The average Bonchev–Trinajstić information content (AvgIpc) is 3.14. The van der Waals surface area contributed by atoms with Crippen molar-refractivity contribution in [2.45, 2.75) is 31.5 Å². The maximum absolute atomic E-state index is 13.1. The summed E-state index contributed by atoms with van der Waals surface area (Å²) in [6, 6.07) is 25.3. The SMILES string of the molecule is CC1(c2ccc(CNC(=O)N3Cc4ccccc4C(c4ccccc4)C3)cc2)NC(=O)NC1=O. The van der Waals surface area contributed by atoms with E-state index in [1.807, 2.05) is 41.3 Å². The highest BCUT2D eigenvalue weighted by atomic mass is 16.2. The van der Waals surface area contributed by atoms with Crippen LogP contribution in [0.1, 0.15) is 40.7 Å². The topological polar surface area (TPSA) is 90.5 Å². The van der Waals surface area contributed by atoms with Crippen LogP contribution in [0.5, 0.6) is 0 Å². The number of nitrogens with zero attached hydrogens (tertiary/aromatic N) is 1. The van der Waals surface area contributed by atoms with Crippen molar-refractivity contribution < 1.29 is 14.4 Å². The minimum atomic E-state index is -1.09. The quantitative estimate of drug-likeness (QED) is 0.526. The summed E-state index contributed by atoms with van der Waals surface area (Å²) in [7, 11) is 0. The molecule has 5 amide bonds. The lowest BCUT2D eigenvalue weighted by Gasteiger charge is -2.35. The number of nitrogens with one attached hydrogen (secondary N) is 3. The zero-order chi connectivity index (χ0) is 23.7. The Kier molecular flexibility index (Phi) is 5.53. The second-order valence-electron chi connectivity index (χ2n) is 8.93. The summed E-state index contributed by atoms with van der Waals surface area (Å²) in [5, 5.41) is 7.95. The van der Waals surface area contributed by atoms with Gasteiger partial charge in [0.1, 0.15) is 5.54 Å². The van der Waals surface area contributed by atoms with Crippen LogP contribution in [0.3, 0.4) is 0 Å². The first-order valence-corrected chi connectivity index (χ1v) is 11.3. The summed E-state index contributed by atoms with van der Waals surface area (Å²) in [6.45, 7) is 3.21. The molecule has 7 heteroatoms. The Morgan fingerprint density at radius 3 is 2.41 bits per heavy atom. The second-order valence-corrected chi connectivity index (χ2v) is 8.93. The summed E-state index contributed by atoms with van der Waals surface area (Å²) < 4.78 is 0. The number of carbonyl (C=O) groups excluding carboxylic acids is 3. The molecule has 3 aromatic carbocycles. The van der Waals surface area contributed by atoms with Gasteiger partial charge in [-0.2, -0.15) is 0 Å². The average molecular weight is 455 g/mol. The molecule has 0 saturated carbocycles. The van der Waals surface area contributed by atoms with Gasteiger partial charge in [0.15, 0.2) is 0 Å². The number of hydrogen-bond donors (Lipinski definition) is 3. The van der Waals surface area contributed by atoms with Gasteiger partial charge in [-0.15, -0.1) is 0 Å². The molecule has 172 valence electrons. The molecule has 7 nitrogen and oxygen atoms in total. The van der Waals surface area contributed by atoms with Crippen molar-refractivity contribution in [3.8, 4) is 0 Å². The molecule has 0 bridgehead atoms. The Morgan fingerprint density at radius 2 is 1.71 bits per heavy atom. The highest BCUT2D eigenvalue weighted by molar-refractivity contribution is 6.07. The van der Waals surface area contributed by atoms with Crippen molar-refractivity contribution in [2.24, 2.45) is 0 Å². The van der Waals surface area contributed by atoms with Gasteiger partial charge in [0.2, 0.25) is 0 Å².